The van der Waals surface area contributed by atoms with Gasteiger partial charge < -0.3 is 24.6 Å². The summed E-state index contributed by atoms with van der Waals surface area (Å²) in [4.78, 5) is 38.2. The molecule has 228 valence electrons. The van der Waals surface area contributed by atoms with Crippen molar-refractivity contribution in [3.63, 3.8) is 0 Å². The van der Waals surface area contributed by atoms with E-state index in [9.17, 15) is 19.5 Å². The maximum absolute atomic E-state index is 13.5. The van der Waals surface area contributed by atoms with Gasteiger partial charge in [0.15, 0.2) is 5.79 Å². The van der Waals surface area contributed by atoms with Gasteiger partial charge in [0.25, 0.3) is 0 Å². The molecule has 3 aromatic rings. The summed E-state index contributed by atoms with van der Waals surface area (Å²) < 4.78 is 17.1. The van der Waals surface area contributed by atoms with Gasteiger partial charge in [-0.15, -0.1) is 0 Å². The summed E-state index contributed by atoms with van der Waals surface area (Å²) >= 11 is 0. The summed E-state index contributed by atoms with van der Waals surface area (Å²) in [6.07, 6.45) is -0.0604. The van der Waals surface area contributed by atoms with Crippen molar-refractivity contribution < 1.29 is 33.7 Å². The fraction of sp³-hybridized carbons (Fsp3) is 0.382. The highest BCUT2D eigenvalue weighted by atomic mass is 16.7. The number of carboxylic acid groups (broad SMARTS) is 1. The quantitative estimate of drug-likeness (QED) is 0.240. The fourth-order valence-electron chi connectivity index (χ4n) is 5.01. The van der Waals surface area contributed by atoms with E-state index >= 15 is 0 Å². The molecule has 1 fully saturated rings. The number of carbonyl (C=O) groups is 3. The molecule has 9 nitrogen and oxygen atoms in total. The minimum atomic E-state index is -1.01. The average molecular weight is 589 g/mol. The van der Waals surface area contributed by atoms with Crippen LogP contribution in [0, 0.1) is 0 Å². The topological polar surface area (TPSA) is 123 Å². The summed E-state index contributed by atoms with van der Waals surface area (Å²) in [5.74, 6) is -2.68. The molecule has 0 radical (unpaired) electrons. The number of amides is 1. The third kappa shape index (κ3) is 10.0. The molecule has 4 rings (SSSR count). The predicted molar refractivity (Wildman–Crippen MR) is 162 cm³/mol. The van der Waals surface area contributed by atoms with Crippen molar-refractivity contribution in [2.45, 2.75) is 70.1 Å². The molecule has 1 heterocycles. The van der Waals surface area contributed by atoms with Crippen molar-refractivity contribution in [1.82, 2.24) is 10.6 Å². The zero-order chi connectivity index (χ0) is 30.8. The van der Waals surface area contributed by atoms with Gasteiger partial charge in [0.05, 0.1) is 19.1 Å². The minimum Gasteiger partial charge on any atom is -0.481 e. The van der Waals surface area contributed by atoms with Gasteiger partial charge in [-0.3, -0.25) is 19.7 Å². The molecule has 0 spiro atoms. The smallest absolute Gasteiger partial charge is 0.323 e. The van der Waals surface area contributed by atoms with Crippen molar-refractivity contribution in [3.05, 3.63) is 96.1 Å². The second-order valence-corrected chi connectivity index (χ2v) is 11.3. The SMILES string of the molecule is C[C@H](CC(=O)O)NC(=O)[C@H](Cc1ccccc1)NC(Cc1ccc(-c2ccccc2)cc1)C(=O)OCC1COC(C)(C)O1. The largest absolute Gasteiger partial charge is 0.481 e. The van der Waals surface area contributed by atoms with Crippen LogP contribution in [-0.4, -0.2) is 66.2 Å². The van der Waals surface area contributed by atoms with Crippen molar-refractivity contribution in [1.29, 1.82) is 0 Å². The van der Waals surface area contributed by atoms with Gasteiger partial charge in [-0.2, -0.15) is 0 Å². The maximum Gasteiger partial charge on any atom is 0.323 e. The third-order valence-electron chi connectivity index (χ3n) is 7.14. The van der Waals surface area contributed by atoms with Crippen LogP contribution in [0.2, 0.25) is 0 Å². The number of ether oxygens (including phenoxy) is 3. The van der Waals surface area contributed by atoms with Crippen LogP contribution in [0.1, 0.15) is 38.3 Å². The van der Waals surface area contributed by atoms with E-state index in [4.69, 9.17) is 14.2 Å². The van der Waals surface area contributed by atoms with Gasteiger partial charge >= 0.3 is 11.9 Å². The van der Waals surface area contributed by atoms with Crippen LogP contribution in [0.4, 0.5) is 0 Å². The molecule has 43 heavy (non-hydrogen) atoms. The Bertz CT molecular complexity index is 1350. The van der Waals surface area contributed by atoms with Gasteiger partial charge in [0.1, 0.15) is 18.8 Å². The Morgan fingerprint density at radius 2 is 1.47 bits per heavy atom. The standard InChI is InChI=1S/C34H40N2O7/c1-23(18-31(37)38)35-32(39)29(19-24-10-6-4-7-11-24)36-30(33(40)41-21-28-22-42-34(2,3)43-28)20-25-14-16-27(17-15-25)26-12-8-5-9-13-26/h4-17,23,28-30,36H,18-22H2,1-3H3,(H,35,39)(H,37,38)/t23-,28?,29+,30?/m1/s1. The number of carbonyl (C=O) groups excluding carboxylic acids is 2. The molecule has 3 aromatic carbocycles. The van der Waals surface area contributed by atoms with Crippen LogP contribution < -0.4 is 10.6 Å². The molecule has 1 aliphatic heterocycles. The molecule has 4 atom stereocenters. The summed E-state index contributed by atoms with van der Waals surface area (Å²) in [6, 6.07) is 25.1. The molecule has 2 unspecified atom stereocenters. The molecule has 0 bridgehead atoms. The molecule has 0 aliphatic carbocycles. The van der Waals surface area contributed by atoms with E-state index in [2.05, 4.69) is 10.6 Å². The first-order valence-corrected chi connectivity index (χ1v) is 14.5. The van der Waals surface area contributed by atoms with Crippen LogP contribution in [0.25, 0.3) is 11.1 Å². The molecule has 1 aliphatic rings. The first kappa shape index (κ1) is 31.9. The van der Waals surface area contributed by atoms with E-state index in [0.29, 0.717) is 6.61 Å². The second-order valence-electron chi connectivity index (χ2n) is 11.3. The lowest BCUT2D eigenvalue weighted by Crippen LogP contribution is -2.54. The zero-order valence-corrected chi connectivity index (χ0v) is 24.8. The number of hydrogen-bond acceptors (Lipinski definition) is 7. The Kier molecular flexibility index (Phi) is 11.1. The number of nitrogens with one attached hydrogen (secondary N) is 2. The van der Waals surface area contributed by atoms with Crippen molar-refractivity contribution in [2.24, 2.45) is 0 Å². The number of benzene rings is 3. The van der Waals surface area contributed by atoms with Gasteiger partial charge in [0, 0.05) is 6.04 Å². The number of aliphatic carboxylic acids is 1. The van der Waals surface area contributed by atoms with Gasteiger partial charge in [-0.05, 0) is 55.9 Å². The predicted octanol–water partition coefficient (Wildman–Crippen LogP) is 4.14. The van der Waals surface area contributed by atoms with E-state index in [-0.39, 0.29) is 25.9 Å². The summed E-state index contributed by atoms with van der Waals surface area (Å²) in [5.41, 5.74) is 3.90. The summed E-state index contributed by atoms with van der Waals surface area (Å²) in [5, 5.41) is 15.2. The lowest BCUT2D eigenvalue weighted by molar-refractivity contribution is -0.160. The Morgan fingerprint density at radius 1 is 0.884 bits per heavy atom. The lowest BCUT2D eigenvalue weighted by atomic mass is 9.99. The summed E-state index contributed by atoms with van der Waals surface area (Å²) in [6.45, 7) is 5.56. The van der Waals surface area contributed by atoms with Crippen LogP contribution in [0.15, 0.2) is 84.9 Å². The van der Waals surface area contributed by atoms with Gasteiger partial charge in [-0.25, -0.2) is 0 Å². The Labute approximate surface area is 252 Å². The number of carboxylic acids is 1. The Balaban J connectivity index is 1.54. The number of hydrogen-bond donors (Lipinski definition) is 3. The lowest BCUT2D eigenvalue weighted by Gasteiger charge is -2.26. The third-order valence-corrected chi connectivity index (χ3v) is 7.14. The van der Waals surface area contributed by atoms with Crippen LogP contribution in [0.3, 0.4) is 0 Å². The fourth-order valence-corrected chi connectivity index (χ4v) is 5.01. The van der Waals surface area contributed by atoms with Crippen LogP contribution in [0.5, 0.6) is 0 Å². The van der Waals surface area contributed by atoms with E-state index < -0.39 is 47.9 Å². The van der Waals surface area contributed by atoms with Gasteiger partial charge in [0.2, 0.25) is 5.91 Å². The Morgan fingerprint density at radius 3 is 2.07 bits per heavy atom. The number of esters is 1. The maximum atomic E-state index is 13.5. The molecule has 9 heteroatoms. The molecule has 0 aromatic heterocycles. The zero-order valence-electron chi connectivity index (χ0n) is 24.8. The average Bonchev–Trinajstić information content (AvgIpc) is 3.34. The van der Waals surface area contributed by atoms with Crippen molar-refractivity contribution in [3.8, 4) is 11.1 Å². The molecule has 1 saturated heterocycles. The molecule has 1 amide bonds. The highest BCUT2D eigenvalue weighted by molar-refractivity contribution is 5.84. The van der Waals surface area contributed by atoms with Crippen molar-refractivity contribution in [2.75, 3.05) is 13.2 Å². The normalized spacial score (nSPS) is 17.9. The Hall–Kier alpha value is -4.05. The number of rotatable bonds is 14. The molecular weight excluding hydrogens is 548 g/mol. The van der Waals surface area contributed by atoms with Crippen molar-refractivity contribution >= 4 is 17.8 Å². The van der Waals surface area contributed by atoms with E-state index in [1.54, 1.807) is 20.8 Å². The molecule has 0 saturated carbocycles. The molecular formula is C34H40N2O7. The highest BCUT2D eigenvalue weighted by Crippen LogP contribution is 2.23. The van der Waals surface area contributed by atoms with E-state index in [1.807, 2.05) is 84.9 Å². The second kappa shape index (κ2) is 14.9. The van der Waals surface area contributed by atoms with E-state index in [0.717, 1.165) is 22.3 Å². The van der Waals surface area contributed by atoms with Crippen LogP contribution in [-0.2, 0) is 41.4 Å². The molecule has 3 N–H and O–H groups in total. The monoisotopic (exact) mass is 588 g/mol. The van der Waals surface area contributed by atoms with Gasteiger partial charge in [-0.1, -0.05) is 84.9 Å². The first-order chi connectivity index (χ1) is 20.6. The van der Waals surface area contributed by atoms with E-state index in [1.165, 1.54) is 0 Å². The minimum absolute atomic E-state index is 0.0125. The van der Waals surface area contributed by atoms with Crippen LogP contribution >= 0.6 is 0 Å². The highest BCUT2D eigenvalue weighted by Gasteiger charge is 2.35. The summed E-state index contributed by atoms with van der Waals surface area (Å²) in [7, 11) is 0. The first-order valence-electron chi connectivity index (χ1n) is 14.5.